The zero-order valence-corrected chi connectivity index (χ0v) is 11.2. The first kappa shape index (κ1) is 14.7. The molecule has 0 fully saturated rings. The lowest BCUT2D eigenvalue weighted by Gasteiger charge is -2.18. The summed E-state index contributed by atoms with van der Waals surface area (Å²) in [7, 11) is 0. The molecule has 1 atom stereocenters. The fourth-order valence-electron chi connectivity index (χ4n) is 1.63. The summed E-state index contributed by atoms with van der Waals surface area (Å²) in [5, 5.41) is 12.5. The van der Waals surface area contributed by atoms with Gasteiger partial charge in [0.1, 0.15) is 0 Å². The molecule has 1 unspecified atom stereocenters. The van der Waals surface area contributed by atoms with Crippen LogP contribution in [0, 0.1) is 0 Å². The standard InChI is InChI=1S/C15H23NO2/c1-4-9-18-11-15(10-17)16-14-7-5-13(6-8-14)12(2)3/h4-8,12,15-17H,1,9-11H2,2-3H3. The second-order valence-corrected chi connectivity index (χ2v) is 4.63. The average Bonchev–Trinajstić information content (AvgIpc) is 2.38. The number of nitrogens with one attached hydrogen (secondary N) is 1. The molecule has 18 heavy (non-hydrogen) atoms. The molecule has 0 bridgehead atoms. The Balaban J connectivity index is 2.50. The van der Waals surface area contributed by atoms with Crippen LogP contribution in [0.15, 0.2) is 36.9 Å². The minimum absolute atomic E-state index is 0.0447. The van der Waals surface area contributed by atoms with Gasteiger partial charge in [-0.1, -0.05) is 32.1 Å². The van der Waals surface area contributed by atoms with Crippen LogP contribution in [0.1, 0.15) is 25.3 Å². The second kappa shape index (κ2) is 7.90. The van der Waals surface area contributed by atoms with Gasteiger partial charge in [0, 0.05) is 5.69 Å². The number of aliphatic hydroxyl groups excluding tert-OH is 1. The van der Waals surface area contributed by atoms with E-state index in [-0.39, 0.29) is 12.6 Å². The molecule has 1 aromatic carbocycles. The van der Waals surface area contributed by atoms with Crippen molar-refractivity contribution in [3.8, 4) is 0 Å². The van der Waals surface area contributed by atoms with E-state index in [1.165, 1.54) is 5.56 Å². The van der Waals surface area contributed by atoms with Crippen molar-refractivity contribution in [2.75, 3.05) is 25.1 Å². The predicted octanol–water partition coefficient (Wildman–Crippen LogP) is 2.79. The molecule has 0 aliphatic rings. The number of ether oxygens (including phenoxy) is 1. The fourth-order valence-corrected chi connectivity index (χ4v) is 1.63. The van der Waals surface area contributed by atoms with Crippen molar-refractivity contribution >= 4 is 5.69 Å². The van der Waals surface area contributed by atoms with Crippen LogP contribution in [0.3, 0.4) is 0 Å². The van der Waals surface area contributed by atoms with Gasteiger partial charge in [-0.05, 0) is 23.6 Å². The van der Waals surface area contributed by atoms with Gasteiger partial charge in [-0.25, -0.2) is 0 Å². The van der Waals surface area contributed by atoms with Gasteiger partial charge in [0.2, 0.25) is 0 Å². The van der Waals surface area contributed by atoms with Gasteiger partial charge in [-0.2, -0.15) is 0 Å². The Bertz CT molecular complexity index is 346. The Morgan fingerprint density at radius 1 is 1.33 bits per heavy atom. The Kier molecular flexibility index (Phi) is 6.47. The quantitative estimate of drug-likeness (QED) is 0.550. The molecule has 0 saturated heterocycles. The molecule has 0 heterocycles. The molecule has 3 nitrogen and oxygen atoms in total. The van der Waals surface area contributed by atoms with E-state index in [2.05, 4.69) is 37.9 Å². The summed E-state index contributed by atoms with van der Waals surface area (Å²) < 4.78 is 5.33. The van der Waals surface area contributed by atoms with E-state index in [0.717, 1.165) is 5.69 Å². The van der Waals surface area contributed by atoms with Crippen LogP contribution in [-0.2, 0) is 4.74 Å². The van der Waals surface area contributed by atoms with Crippen LogP contribution in [0.5, 0.6) is 0 Å². The zero-order valence-electron chi connectivity index (χ0n) is 11.2. The SMILES string of the molecule is C=CCOCC(CO)Nc1ccc(C(C)C)cc1. The third kappa shape index (κ3) is 4.90. The van der Waals surface area contributed by atoms with Crippen LogP contribution in [-0.4, -0.2) is 31.0 Å². The Hall–Kier alpha value is -1.32. The molecule has 1 rings (SSSR count). The van der Waals surface area contributed by atoms with Crippen molar-refractivity contribution in [3.05, 3.63) is 42.5 Å². The first-order chi connectivity index (χ1) is 8.67. The molecule has 0 spiro atoms. The van der Waals surface area contributed by atoms with Crippen LogP contribution in [0.2, 0.25) is 0 Å². The molecule has 3 heteroatoms. The first-order valence-corrected chi connectivity index (χ1v) is 6.33. The number of anilines is 1. The van der Waals surface area contributed by atoms with Crippen molar-refractivity contribution in [2.45, 2.75) is 25.8 Å². The molecule has 0 aliphatic carbocycles. The van der Waals surface area contributed by atoms with Crippen LogP contribution >= 0.6 is 0 Å². The van der Waals surface area contributed by atoms with E-state index in [0.29, 0.717) is 19.1 Å². The maximum absolute atomic E-state index is 9.26. The molecule has 0 amide bonds. The highest BCUT2D eigenvalue weighted by molar-refractivity contribution is 5.46. The highest BCUT2D eigenvalue weighted by atomic mass is 16.5. The molecule has 0 saturated carbocycles. The van der Waals surface area contributed by atoms with E-state index in [1.54, 1.807) is 6.08 Å². The Morgan fingerprint density at radius 2 is 2.00 bits per heavy atom. The maximum Gasteiger partial charge on any atom is 0.0726 e. The zero-order chi connectivity index (χ0) is 13.4. The van der Waals surface area contributed by atoms with E-state index >= 15 is 0 Å². The molecule has 100 valence electrons. The van der Waals surface area contributed by atoms with Gasteiger partial charge in [0.05, 0.1) is 25.9 Å². The highest BCUT2D eigenvalue weighted by Crippen LogP contribution is 2.17. The van der Waals surface area contributed by atoms with E-state index < -0.39 is 0 Å². The lowest BCUT2D eigenvalue weighted by Crippen LogP contribution is -2.29. The van der Waals surface area contributed by atoms with Crippen molar-refractivity contribution in [1.29, 1.82) is 0 Å². The summed E-state index contributed by atoms with van der Waals surface area (Å²) in [5.41, 5.74) is 2.31. The number of hydrogen-bond acceptors (Lipinski definition) is 3. The largest absolute Gasteiger partial charge is 0.394 e. The molecule has 0 aliphatic heterocycles. The van der Waals surface area contributed by atoms with Crippen LogP contribution in [0.25, 0.3) is 0 Å². The number of rotatable bonds is 8. The Labute approximate surface area is 109 Å². The van der Waals surface area contributed by atoms with Crippen LogP contribution in [0.4, 0.5) is 5.69 Å². The van der Waals surface area contributed by atoms with Gasteiger partial charge in [0.15, 0.2) is 0 Å². The smallest absolute Gasteiger partial charge is 0.0726 e. The summed E-state index contributed by atoms with van der Waals surface area (Å²) >= 11 is 0. The maximum atomic E-state index is 9.26. The van der Waals surface area contributed by atoms with Gasteiger partial charge in [-0.15, -0.1) is 6.58 Å². The van der Waals surface area contributed by atoms with Crippen molar-refractivity contribution in [2.24, 2.45) is 0 Å². The molecule has 2 N–H and O–H groups in total. The third-order valence-electron chi connectivity index (χ3n) is 2.72. The molecular formula is C15H23NO2. The number of hydrogen-bond donors (Lipinski definition) is 2. The van der Waals surface area contributed by atoms with Gasteiger partial charge in [0.25, 0.3) is 0 Å². The summed E-state index contributed by atoms with van der Waals surface area (Å²) in [6.45, 7) is 8.94. The first-order valence-electron chi connectivity index (χ1n) is 6.33. The minimum Gasteiger partial charge on any atom is -0.394 e. The average molecular weight is 249 g/mol. The molecule has 0 radical (unpaired) electrons. The summed E-state index contributed by atoms with van der Waals surface area (Å²) in [6.07, 6.45) is 1.70. The number of aliphatic hydroxyl groups is 1. The van der Waals surface area contributed by atoms with Crippen molar-refractivity contribution in [1.82, 2.24) is 0 Å². The number of benzene rings is 1. The van der Waals surface area contributed by atoms with E-state index in [1.807, 2.05) is 12.1 Å². The minimum atomic E-state index is -0.0881. The van der Waals surface area contributed by atoms with Gasteiger partial charge < -0.3 is 15.2 Å². The normalized spacial score (nSPS) is 12.4. The van der Waals surface area contributed by atoms with Crippen LogP contribution < -0.4 is 5.32 Å². The van der Waals surface area contributed by atoms with Crippen molar-refractivity contribution in [3.63, 3.8) is 0 Å². The van der Waals surface area contributed by atoms with Gasteiger partial charge >= 0.3 is 0 Å². The summed E-state index contributed by atoms with van der Waals surface area (Å²) in [6, 6.07) is 8.18. The monoisotopic (exact) mass is 249 g/mol. The Morgan fingerprint density at radius 3 is 2.50 bits per heavy atom. The second-order valence-electron chi connectivity index (χ2n) is 4.63. The lowest BCUT2D eigenvalue weighted by molar-refractivity contribution is 0.128. The lowest BCUT2D eigenvalue weighted by atomic mass is 10.0. The predicted molar refractivity (Wildman–Crippen MR) is 76.0 cm³/mol. The highest BCUT2D eigenvalue weighted by Gasteiger charge is 2.07. The fraction of sp³-hybridized carbons (Fsp3) is 0.467. The summed E-state index contributed by atoms with van der Waals surface area (Å²) in [4.78, 5) is 0. The third-order valence-corrected chi connectivity index (χ3v) is 2.72. The molecular weight excluding hydrogens is 226 g/mol. The molecule has 0 aromatic heterocycles. The molecule has 1 aromatic rings. The summed E-state index contributed by atoms with van der Waals surface area (Å²) in [5.74, 6) is 0.531. The van der Waals surface area contributed by atoms with E-state index in [9.17, 15) is 5.11 Å². The topological polar surface area (TPSA) is 41.5 Å². The van der Waals surface area contributed by atoms with E-state index in [4.69, 9.17) is 4.74 Å². The van der Waals surface area contributed by atoms with Crippen molar-refractivity contribution < 1.29 is 9.84 Å². The van der Waals surface area contributed by atoms with Gasteiger partial charge in [-0.3, -0.25) is 0 Å².